The van der Waals surface area contributed by atoms with Crippen LogP contribution in [0.1, 0.15) is 27.8 Å². The zero-order chi connectivity index (χ0) is 21.1. The fourth-order valence-electron chi connectivity index (χ4n) is 3.06. The highest BCUT2D eigenvalue weighted by molar-refractivity contribution is 7.15. The number of nitrogens with one attached hydrogen (secondary N) is 1. The summed E-state index contributed by atoms with van der Waals surface area (Å²) in [5.41, 5.74) is 2.90. The monoisotopic (exact) mass is 421 g/mol. The van der Waals surface area contributed by atoms with Gasteiger partial charge in [-0.05, 0) is 42.8 Å². The molecule has 0 fully saturated rings. The number of aromatic nitrogens is 2. The Morgan fingerprint density at radius 3 is 2.67 bits per heavy atom. The summed E-state index contributed by atoms with van der Waals surface area (Å²) in [5.74, 6) is -0.172. The van der Waals surface area contributed by atoms with Crippen molar-refractivity contribution in [3.63, 3.8) is 0 Å². The first-order valence-corrected chi connectivity index (χ1v) is 10.2. The van der Waals surface area contributed by atoms with Crippen LogP contribution in [0.15, 0.2) is 60.1 Å². The summed E-state index contributed by atoms with van der Waals surface area (Å²) in [6.07, 6.45) is 1.77. The Morgan fingerprint density at radius 2 is 1.97 bits per heavy atom. The Morgan fingerprint density at radius 1 is 1.17 bits per heavy atom. The molecule has 4 aromatic rings. The summed E-state index contributed by atoms with van der Waals surface area (Å²) in [6.45, 7) is 1.97. The average Bonchev–Trinajstić information content (AvgIpc) is 3.38. The van der Waals surface area contributed by atoms with Gasteiger partial charge in [0.2, 0.25) is 0 Å². The van der Waals surface area contributed by atoms with E-state index in [-0.39, 0.29) is 12.3 Å². The molecule has 1 aromatic carbocycles. The van der Waals surface area contributed by atoms with Crippen LogP contribution in [0.4, 0.5) is 5.00 Å². The number of rotatable bonds is 6. The van der Waals surface area contributed by atoms with E-state index in [1.807, 2.05) is 47.8 Å². The number of esters is 1. The Hall–Kier alpha value is -3.65. The van der Waals surface area contributed by atoms with E-state index >= 15 is 0 Å². The predicted molar refractivity (Wildman–Crippen MR) is 115 cm³/mol. The van der Waals surface area contributed by atoms with Crippen LogP contribution in [0.5, 0.6) is 5.75 Å². The van der Waals surface area contributed by atoms with Crippen molar-refractivity contribution in [3.8, 4) is 16.9 Å². The molecular formula is C22H19N3O4S. The molecule has 0 spiro atoms. The van der Waals surface area contributed by atoms with E-state index in [0.717, 1.165) is 11.1 Å². The molecule has 0 atom stereocenters. The van der Waals surface area contributed by atoms with Crippen LogP contribution in [0.2, 0.25) is 0 Å². The third-order valence-electron chi connectivity index (χ3n) is 4.50. The number of benzene rings is 1. The zero-order valence-corrected chi connectivity index (χ0v) is 17.2. The van der Waals surface area contributed by atoms with Crippen LogP contribution in [0.3, 0.4) is 0 Å². The lowest BCUT2D eigenvalue weighted by Crippen LogP contribution is -2.15. The molecule has 0 aliphatic carbocycles. The molecule has 152 valence electrons. The minimum absolute atomic E-state index is 0.233. The molecule has 0 bridgehead atoms. The van der Waals surface area contributed by atoms with Crippen LogP contribution >= 0.6 is 11.3 Å². The average molecular weight is 421 g/mol. The van der Waals surface area contributed by atoms with Crippen molar-refractivity contribution < 1.29 is 19.1 Å². The van der Waals surface area contributed by atoms with Gasteiger partial charge < -0.3 is 14.8 Å². The second kappa shape index (κ2) is 8.38. The molecule has 1 N–H and O–H groups in total. The van der Waals surface area contributed by atoms with Crippen molar-refractivity contribution in [2.45, 2.75) is 6.92 Å². The molecule has 0 unspecified atom stereocenters. The maximum absolute atomic E-state index is 12.8. The summed E-state index contributed by atoms with van der Waals surface area (Å²) in [7, 11) is 1.59. The van der Waals surface area contributed by atoms with Gasteiger partial charge in [0.15, 0.2) is 5.69 Å². The Kier molecular flexibility index (Phi) is 5.49. The summed E-state index contributed by atoms with van der Waals surface area (Å²) >= 11 is 1.27. The molecule has 3 aromatic heterocycles. The normalized spacial score (nSPS) is 10.7. The highest BCUT2D eigenvalue weighted by Crippen LogP contribution is 2.37. The minimum Gasteiger partial charge on any atom is -0.497 e. The number of carbonyl (C=O) groups excluding carboxylic acids is 2. The largest absolute Gasteiger partial charge is 0.497 e. The molecule has 7 nitrogen and oxygen atoms in total. The van der Waals surface area contributed by atoms with Crippen molar-refractivity contribution in [2.75, 3.05) is 19.0 Å². The molecular weight excluding hydrogens is 402 g/mol. The number of ether oxygens (including phenoxy) is 2. The second-order valence-electron chi connectivity index (χ2n) is 6.36. The summed E-state index contributed by atoms with van der Waals surface area (Å²) < 4.78 is 12.1. The van der Waals surface area contributed by atoms with E-state index in [9.17, 15) is 9.59 Å². The maximum atomic E-state index is 12.8. The van der Waals surface area contributed by atoms with E-state index in [1.165, 1.54) is 11.3 Å². The topological polar surface area (TPSA) is 81.9 Å². The van der Waals surface area contributed by atoms with Gasteiger partial charge in [0.1, 0.15) is 16.3 Å². The first kappa shape index (κ1) is 19.7. The molecule has 30 heavy (non-hydrogen) atoms. The summed E-state index contributed by atoms with van der Waals surface area (Å²) in [6, 6.07) is 14.6. The number of hydrogen-bond donors (Lipinski definition) is 1. The molecule has 0 aliphatic heterocycles. The number of thiophene rings is 1. The van der Waals surface area contributed by atoms with E-state index < -0.39 is 11.9 Å². The highest BCUT2D eigenvalue weighted by atomic mass is 32.1. The maximum Gasteiger partial charge on any atom is 0.341 e. The smallest absolute Gasteiger partial charge is 0.341 e. The fourth-order valence-corrected chi connectivity index (χ4v) is 4.01. The molecule has 8 heteroatoms. The van der Waals surface area contributed by atoms with Crippen molar-refractivity contribution in [2.24, 2.45) is 0 Å². The van der Waals surface area contributed by atoms with Gasteiger partial charge in [0.05, 0.1) is 19.2 Å². The molecule has 0 aliphatic rings. The molecule has 1 amide bonds. The van der Waals surface area contributed by atoms with Crippen LogP contribution in [-0.4, -0.2) is 35.2 Å². The predicted octanol–water partition coefficient (Wildman–Crippen LogP) is 4.50. The number of nitrogens with zero attached hydrogens (tertiary/aromatic N) is 2. The minimum atomic E-state index is -0.491. The number of carbonyl (C=O) groups is 2. The van der Waals surface area contributed by atoms with Gasteiger partial charge in [-0.15, -0.1) is 11.3 Å². The van der Waals surface area contributed by atoms with Crippen molar-refractivity contribution in [3.05, 3.63) is 71.4 Å². The standard InChI is InChI=1S/C22H19N3O4S/c1-3-29-22(27)19-17(14-7-9-16(28-2)10-8-14)13-30-21(19)23-20(26)18-12-15-6-4-5-11-25(15)24-18/h4-13H,3H2,1-2H3,(H,23,26). The number of hydrogen-bond acceptors (Lipinski definition) is 6. The van der Waals surface area contributed by atoms with Gasteiger partial charge in [-0.2, -0.15) is 5.10 Å². The summed E-state index contributed by atoms with van der Waals surface area (Å²) in [5, 5.41) is 9.35. The van der Waals surface area contributed by atoms with Gasteiger partial charge in [-0.1, -0.05) is 18.2 Å². The molecule has 4 rings (SSSR count). The zero-order valence-electron chi connectivity index (χ0n) is 16.4. The lowest BCUT2D eigenvalue weighted by Gasteiger charge is -2.08. The molecule has 3 heterocycles. The number of pyridine rings is 1. The van der Waals surface area contributed by atoms with Crippen LogP contribution in [0.25, 0.3) is 16.6 Å². The molecule has 0 saturated heterocycles. The Labute approximate surface area is 176 Å². The van der Waals surface area contributed by atoms with Gasteiger partial charge in [-0.3, -0.25) is 4.79 Å². The molecule has 0 saturated carbocycles. The van der Waals surface area contributed by atoms with E-state index in [4.69, 9.17) is 9.47 Å². The van der Waals surface area contributed by atoms with Crippen LogP contribution in [-0.2, 0) is 4.74 Å². The third kappa shape index (κ3) is 3.77. The second-order valence-corrected chi connectivity index (χ2v) is 7.24. The first-order chi connectivity index (χ1) is 14.6. The summed E-state index contributed by atoms with van der Waals surface area (Å²) in [4.78, 5) is 25.5. The van der Waals surface area contributed by atoms with Crippen molar-refractivity contribution >= 4 is 33.7 Å². The Bertz CT molecular complexity index is 1180. The number of methoxy groups -OCH3 is 1. The van der Waals surface area contributed by atoms with Gasteiger partial charge in [0.25, 0.3) is 5.91 Å². The molecule has 0 radical (unpaired) electrons. The Balaban J connectivity index is 1.68. The van der Waals surface area contributed by atoms with Gasteiger partial charge >= 0.3 is 5.97 Å². The SMILES string of the molecule is CCOC(=O)c1c(-c2ccc(OC)cc2)csc1NC(=O)c1cc2ccccn2n1. The first-order valence-electron chi connectivity index (χ1n) is 9.29. The fraction of sp³-hybridized carbons (Fsp3) is 0.136. The number of fused-ring (bicyclic) bond motifs is 1. The highest BCUT2D eigenvalue weighted by Gasteiger charge is 2.24. The van der Waals surface area contributed by atoms with Crippen molar-refractivity contribution in [1.29, 1.82) is 0 Å². The number of anilines is 1. The lowest BCUT2D eigenvalue weighted by molar-refractivity contribution is 0.0529. The van der Waals surface area contributed by atoms with E-state index in [2.05, 4.69) is 10.4 Å². The van der Waals surface area contributed by atoms with Crippen LogP contribution in [0, 0.1) is 0 Å². The van der Waals surface area contributed by atoms with Crippen molar-refractivity contribution in [1.82, 2.24) is 9.61 Å². The third-order valence-corrected chi connectivity index (χ3v) is 5.40. The number of amides is 1. The van der Waals surface area contributed by atoms with E-state index in [0.29, 0.717) is 21.9 Å². The quantitative estimate of drug-likeness (QED) is 0.464. The van der Waals surface area contributed by atoms with Crippen LogP contribution < -0.4 is 10.1 Å². The van der Waals surface area contributed by atoms with Gasteiger partial charge in [-0.25, -0.2) is 9.31 Å². The van der Waals surface area contributed by atoms with Gasteiger partial charge in [0, 0.05) is 17.1 Å². The lowest BCUT2D eigenvalue weighted by atomic mass is 10.0. The van der Waals surface area contributed by atoms with E-state index in [1.54, 1.807) is 30.8 Å².